The van der Waals surface area contributed by atoms with Gasteiger partial charge in [0.2, 0.25) is 0 Å². The van der Waals surface area contributed by atoms with Gasteiger partial charge < -0.3 is 15.2 Å². The van der Waals surface area contributed by atoms with Crippen LogP contribution in [0.4, 0.5) is 0 Å². The molecule has 0 saturated carbocycles. The lowest BCUT2D eigenvalue weighted by Crippen LogP contribution is -2.16. The van der Waals surface area contributed by atoms with Gasteiger partial charge in [0.15, 0.2) is 0 Å². The molecule has 0 aliphatic heterocycles. The van der Waals surface area contributed by atoms with Gasteiger partial charge >= 0.3 is 0 Å². The van der Waals surface area contributed by atoms with E-state index in [-0.39, 0.29) is 5.84 Å². The van der Waals surface area contributed by atoms with E-state index in [2.05, 4.69) is 18.8 Å². The topological polar surface area (TPSA) is 81.2 Å². The number of hydrogen-bond acceptors (Lipinski definition) is 4. The molecule has 1 aromatic carbocycles. The predicted octanol–water partition coefficient (Wildman–Crippen LogP) is 2.57. The number of ether oxygens (including phenoxy) is 2. The average molecular weight is 287 g/mol. The number of nitrogens with one attached hydrogen (secondary N) is 1. The highest BCUT2D eigenvalue weighted by Gasteiger charge is 2.12. The van der Waals surface area contributed by atoms with E-state index in [1.807, 2.05) is 24.3 Å². The van der Waals surface area contributed by atoms with Gasteiger partial charge in [-0.15, -0.1) is 0 Å². The minimum atomic E-state index is -0.0497. The van der Waals surface area contributed by atoms with Crippen molar-refractivity contribution in [1.29, 1.82) is 5.41 Å². The smallest absolute Gasteiger partial charge is 0.141 e. The van der Waals surface area contributed by atoms with Gasteiger partial charge in [-0.1, -0.05) is 26.0 Å². The lowest BCUT2D eigenvalue weighted by Gasteiger charge is -2.13. The molecule has 1 aromatic heterocycles. The molecule has 3 N–H and O–H groups in total. The second-order valence-electron chi connectivity index (χ2n) is 5.25. The van der Waals surface area contributed by atoms with Crippen molar-refractivity contribution in [3.05, 3.63) is 36.0 Å². The summed E-state index contributed by atoms with van der Waals surface area (Å²) < 4.78 is 11.3. The standard InChI is InChI=1S/C16H21N3O2/c1-11(2)10-20-7-8-21-15-12-5-3-4-6-14(12)19-9-13(15)16(17)18/h3-6,9,11H,7-8,10H2,1-2H3,(H3,17,18). The normalized spacial score (nSPS) is 11.0. The van der Waals surface area contributed by atoms with Crippen LogP contribution < -0.4 is 10.5 Å². The Hall–Kier alpha value is -2.14. The largest absolute Gasteiger partial charge is 0.490 e. The zero-order valence-electron chi connectivity index (χ0n) is 12.4. The molecule has 1 heterocycles. The van der Waals surface area contributed by atoms with Crippen LogP contribution in [-0.2, 0) is 4.74 Å². The molecular weight excluding hydrogens is 266 g/mol. The van der Waals surface area contributed by atoms with Crippen LogP contribution in [-0.4, -0.2) is 30.6 Å². The van der Waals surface area contributed by atoms with Crippen molar-refractivity contribution in [1.82, 2.24) is 4.98 Å². The van der Waals surface area contributed by atoms with E-state index >= 15 is 0 Å². The Morgan fingerprint density at radius 1 is 1.29 bits per heavy atom. The number of nitrogen functional groups attached to an aromatic ring is 1. The third-order valence-electron chi connectivity index (χ3n) is 2.94. The maximum absolute atomic E-state index is 7.65. The lowest BCUT2D eigenvalue weighted by molar-refractivity contribution is 0.0822. The summed E-state index contributed by atoms with van der Waals surface area (Å²) in [7, 11) is 0. The molecule has 0 unspecified atom stereocenters. The van der Waals surface area contributed by atoms with Gasteiger partial charge in [-0.2, -0.15) is 0 Å². The summed E-state index contributed by atoms with van der Waals surface area (Å²) in [5.41, 5.74) is 6.94. The molecule has 112 valence electrons. The molecule has 5 nitrogen and oxygen atoms in total. The minimum Gasteiger partial charge on any atom is -0.490 e. The maximum Gasteiger partial charge on any atom is 0.141 e. The highest BCUT2D eigenvalue weighted by Crippen LogP contribution is 2.27. The molecule has 0 amide bonds. The summed E-state index contributed by atoms with van der Waals surface area (Å²) in [6, 6.07) is 7.65. The second kappa shape index (κ2) is 7.04. The Balaban J connectivity index is 2.16. The number of aromatic nitrogens is 1. The zero-order chi connectivity index (χ0) is 15.2. The summed E-state index contributed by atoms with van der Waals surface area (Å²) in [5, 5.41) is 8.51. The first kappa shape index (κ1) is 15.3. The van der Waals surface area contributed by atoms with Crippen LogP contribution in [0.15, 0.2) is 30.5 Å². The van der Waals surface area contributed by atoms with Crippen molar-refractivity contribution in [2.45, 2.75) is 13.8 Å². The first-order valence-corrected chi connectivity index (χ1v) is 7.02. The molecule has 2 rings (SSSR count). The molecule has 0 bridgehead atoms. The van der Waals surface area contributed by atoms with Crippen molar-refractivity contribution < 1.29 is 9.47 Å². The summed E-state index contributed by atoms with van der Waals surface area (Å²) in [5.74, 6) is 1.05. The molecule has 21 heavy (non-hydrogen) atoms. The van der Waals surface area contributed by atoms with Crippen LogP contribution in [0.1, 0.15) is 19.4 Å². The first-order chi connectivity index (χ1) is 10.1. The van der Waals surface area contributed by atoms with Gasteiger partial charge in [0.1, 0.15) is 18.2 Å². The van der Waals surface area contributed by atoms with Crippen molar-refractivity contribution in [3.63, 3.8) is 0 Å². The third-order valence-corrected chi connectivity index (χ3v) is 2.94. The van der Waals surface area contributed by atoms with E-state index in [0.29, 0.717) is 37.1 Å². The Morgan fingerprint density at radius 3 is 2.76 bits per heavy atom. The fourth-order valence-corrected chi connectivity index (χ4v) is 1.99. The van der Waals surface area contributed by atoms with Gasteiger partial charge in [-0.25, -0.2) is 0 Å². The fraction of sp³-hybridized carbons (Fsp3) is 0.375. The molecule has 2 aromatic rings. The average Bonchev–Trinajstić information content (AvgIpc) is 2.46. The molecule has 0 atom stereocenters. The van der Waals surface area contributed by atoms with Crippen LogP contribution in [0, 0.1) is 11.3 Å². The third kappa shape index (κ3) is 3.92. The van der Waals surface area contributed by atoms with Crippen LogP contribution in [0.25, 0.3) is 10.9 Å². The monoisotopic (exact) mass is 287 g/mol. The number of nitrogens with zero attached hydrogens (tertiary/aromatic N) is 1. The van der Waals surface area contributed by atoms with Crippen molar-refractivity contribution in [2.75, 3.05) is 19.8 Å². The van der Waals surface area contributed by atoms with Gasteiger partial charge in [0.05, 0.1) is 17.7 Å². The molecule has 0 spiro atoms. The van der Waals surface area contributed by atoms with Crippen molar-refractivity contribution >= 4 is 16.7 Å². The minimum absolute atomic E-state index is 0.0497. The highest BCUT2D eigenvalue weighted by atomic mass is 16.5. The molecule has 0 fully saturated rings. The van der Waals surface area contributed by atoms with E-state index in [1.54, 1.807) is 6.20 Å². The summed E-state index contributed by atoms with van der Waals surface area (Å²) >= 11 is 0. The number of nitrogens with two attached hydrogens (primary N) is 1. The predicted molar refractivity (Wildman–Crippen MR) is 83.9 cm³/mol. The van der Waals surface area contributed by atoms with E-state index in [9.17, 15) is 0 Å². The van der Waals surface area contributed by atoms with E-state index < -0.39 is 0 Å². The molecule has 5 heteroatoms. The van der Waals surface area contributed by atoms with Gasteiger partial charge in [-0.05, 0) is 18.1 Å². The number of para-hydroxylation sites is 1. The summed E-state index contributed by atoms with van der Waals surface area (Å²) in [4.78, 5) is 4.30. The Morgan fingerprint density at radius 2 is 2.05 bits per heavy atom. The number of benzene rings is 1. The molecule has 0 saturated heterocycles. The molecule has 0 aliphatic carbocycles. The van der Waals surface area contributed by atoms with Crippen molar-refractivity contribution in [3.8, 4) is 5.75 Å². The van der Waals surface area contributed by atoms with Gasteiger partial charge in [0, 0.05) is 18.2 Å². The van der Waals surface area contributed by atoms with Crippen LogP contribution in [0.5, 0.6) is 5.75 Å². The Bertz CT molecular complexity index is 626. The number of fused-ring (bicyclic) bond motifs is 1. The van der Waals surface area contributed by atoms with E-state index in [1.165, 1.54) is 0 Å². The lowest BCUT2D eigenvalue weighted by atomic mass is 10.1. The van der Waals surface area contributed by atoms with Crippen LogP contribution in [0.3, 0.4) is 0 Å². The molecule has 0 aliphatic rings. The van der Waals surface area contributed by atoms with E-state index in [0.717, 1.165) is 10.9 Å². The van der Waals surface area contributed by atoms with E-state index in [4.69, 9.17) is 20.6 Å². The van der Waals surface area contributed by atoms with Crippen LogP contribution >= 0.6 is 0 Å². The Kier molecular flexibility index (Phi) is 5.11. The SMILES string of the molecule is CC(C)COCCOc1c(C(=N)N)cnc2ccccc12. The summed E-state index contributed by atoms with van der Waals surface area (Å²) in [6.07, 6.45) is 1.58. The van der Waals surface area contributed by atoms with Crippen molar-refractivity contribution in [2.24, 2.45) is 11.7 Å². The number of pyridine rings is 1. The zero-order valence-corrected chi connectivity index (χ0v) is 12.4. The first-order valence-electron chi connectivity index (χ1n) is 7.02. The highest BCUT2D eigenvalue weighted by molar-refractivity contribution is 6.02. The van der Waals surface area contributed by atoms with Gasteiger partial charge in [0.25, 0.3) is 0 Å². The fourth-order valence-electron chi connectivity index (χ4n) is 1.99. The molecule has 0 radical (unpaired) electrons. The number of rotatable bonds is 7. The quantitative estimate of drug-likeness (QED) is 0.466. The second-order valence-corrected chi connectivity index (χ2v) is 5.25. The van der Waals surface area contributed by atoms with Gasteiger partial charge in [-0.3, -0.25) is 10.4 Å². The van der Waals surface area contributed by atoms with Crippen LogP contribution in [0.2, 0.25) is 0 Å². The number of amidine groups is 1. The maximum atomic E-state index is 7.65. The summed E-state index contributed by atoms with van der Waals surface area (Å²) in [6.45, 7) is 5.84. The number of hydrogen-bond donors (Lipinski definition) is 2. The Labute approximate surface area is 124 Å². The molecular formula is C16H21N3O2.